The van der Waals surface area contributed by atoms with Crippen molar-refractivity contribution in [2.24, 2.45) is 0 Å². The first-order valence-electron chi connectivity index (χ1n) is 6.70. The molecule has 0 aliphatic heterocycles. The zero-order chi connectivity index (χ0) is 16.8. The van der Waals surface area contributed by atoms with Gasteiger partial charge in [0.1, 0.15) is 0 Å². The van der Waals surface area contributed by atoms with Crippen molar-refractivity contribution in [3.8, 4) is 0 Å². The largest absolute Gasteiger partial charge is 0.355 e. The Labute approximate surface area is 147 Å². The summed E-state index contributed by atoms with van der Waals surface area (Å²) in [6.07, 6.45) is 0. The molecule has 7 heteroatoms. The molecule has 0 aromatic heterocycles. The fourth-order valence-electron chi connectivity index (χ4n) is 1.83. The van der Waals surface area contributed by atoms with E-state index in [0.29, 0.717) is 21.3 Å². The highest BCUT2D eigenvalue weighted by atomic mass is 79.9. The van der Waals surface area contributed by atoms with Crippen LogP contribution in [0.2, 0.25) is 0 Å². The van der Waals surface area contributed by atoms with Gasteiger partial charge in [0.05, 0.1) is 5.56 Å². The molecule has 0 heterocycles. The van der Waals surface area contributed by atoms with Gasteiger partial charge in [0.15, 0.2) is 5.11 Å². The molecule has 0 saturated heterocycles. The summed E-state index contributed by atoms with van der Waals surface area (Å²) >= 11 is 8.44. The minimum atomic E-state index is -0.308. The number of carbonyl (C=O) groups excluding carboxylic acids is 2. The lowest BCUT2D eigenvalue weighted by molar-refractivity contribution is 0.0959. The summed E-state index contributed by atoms with van der Waals surface area (Å²) in [7, 11) is 1.57. The van der Waals surface area contributed by atoms with E-state index in [1.807, 2.05) is 6.07 Å². The van der Waals surface area contributed by atoms with Gasteiger partial charge >= 0.3 is 0 Å². The van der Waals surface area contributed by atoms with Crippen LogP contribution in [0, 0.1) is 0 Å². The van der Waals surface area contributed by atoms with Gasteiger partial charge in [0.2, 0.25) is 0 Å². The zero-order valence-corrected chi connectivity index (χ0v) is 14.6. The van der Waals surface area contributed by atoms with Crippen molar-refractivity contribution in [3.63, 3.8) is 0 Å². The smallest absolute Gasteiger partial charge is 0.258 e. The fraction of sp³-hybridized carbons (Fsp3) is 0.0625. The van der Waals surface area contributed by atoms with Crippen LogP contribution in [0.4, 0.5) is 5.69 Å². The summed E-state index contributed by atoms with van der Waals surface area (Å²) in [6.45, 7) is 0. The first-order chi connectivity index (χ1) is 11.0. The minimum Gasteiger partial charge on any atom is -0.355 e. The van der Waals surface area contributed by atoms with Crippen LogP contribution in [0.1, 0.15) is 20.7 Å². The topological polar surface area (TPSA) is 70.2 Å². The summed E-state index contributed by atoms with van der Waals surface area (Å²) in [5.74, 6) is -0.474. The van der Waals surface area contributed by atoms with Crippen LogP contribution in [0.15, 0.2) is 53.0 Å². The number of hydrogen-bond donors (Lipinski definition) is 3. The average Bonchev–Trinajstić information content (AvgIpc) is 2.55. The Kier molecular flexibility index (Phi) is 5.84. The van der Waals surface area contributed by atoms with Crippen molar-refractivity contribution in [2.45, 2.75) is 0 Å². The third kappa shape index (κ3) is 4.61. The van der Waals surface area contributed by atoms with Crippen molar-refractivity contribution in [1.82, 2.24) is 10.6 Å². The summed E-state index contributed by atoms with van der Waals surface area (Å²) in [5, 5.41) is 8.23. The molecular weight excluding hydrogens is 378 g/mol. The van der Waals surface area contributed by atoms with Gasteiger partial charge in [-0.05, 0) is 64.5 Å². The Morgan fingerprint density at radius 1 is 1.00 bits per heavy atom. The minimum absolute atomic E-state index is 0.165. The van der Waals surface area contributed by atoms with Crippen LogP contribution in [-0.4, -0.2) is 24.0 Å². The van der Waals surface area contributed by atoms with E-state index < -0.39 is 0 Å². The van der Waals surface area contributed by atoms with Gasteiger partial charge in [0, 0.05) is 22.8 Å². The first kappa shape index (κ1) is 17.1. The number of nitrogens with one attached hydrogen (secondary N) is 3. The SMILES string of the molecule is CNC(=O)c1ccc(NC(=S)NC(=O)c2ccccc2Br)cc1. The van der Waals surface area contributed by atoms with E-state index in [1.165, 1.54) is 0 Å². The van der Waals surface area contributed by atoms with E-state index in [-0.39, 0.29) is 16.9 Å². The average molecular weight is 392 g/mol. The third-order valence-electron chi connectivity index (χ3n) is 2.98. The summed E-state index contributed by atoms with van der Waals surface area (Å²) < 4.78 is 0.690. The van der Waals surface area contributed by atoms with Crippen LogP contribution in [-0.2, 0) is 0 Å². The molecule has 5 nitrogen and oxygen atoms in total. The number of thiocarbonyl (C=S) groups is 1. The highest BCUT2D eigenvalue weighted by Crippen LogP contribution is 2.15. The lowest BCUT2D eigenvalue weighted by Gasteiger charge is -2.10. The number of hydrogen-bond acceptors (Lipinski definition) is 3. The van der Waals surface area contributed by atoms with Crippen molar-refractivity contribution >= 4 is 50.8 Å². The molecule has 2 aromatic carbocycles. The van der Waals surface area contributed by atoms with Gasteiger partial charge in [-0.25, -0.2) is 0 Å². The number of rotatable bonds is 3. The second-order valence-electron chi connectivity index (χ2n) is 4.54. The maximum Gasteiger partial charge on any atom is 0.258 e. The lowest BCUT2D eigenvalue weighted by Crippen LogP contribution is -2.34. The van der Waals surface area contributed by atoms with Gasteiger partial charge in [-0.3, -0.25) is 14.9 Å². The maximum atomic E-state index is 12.1. The molecule has 2 rings (SSSR count). The molecule has 2 aromatic rings. The maximum absolute atomic E-state index is 12.1. The summed E-state index contributed by atoms with van der Waals surface area (Å²) in [5.41, 5.74) is 1.71. The molecular formula is C16H14BrN3O2S. The number of amides is 2. The molecule has 0 bridgehead atoms. The molecule has 0 fully saturated rings. The lowest BCUT2D eigenvalue weighted by atomic mass is 10.2. The Balaban J connectivity index is 1.98. The second-order valence-corrected chi connectivity index (χ2v) is 5.81. The van der Waals surface area contributed by atoms with E-state index in [9.17, 15) is 9.59 Å². The van der Waals surface area contributed by atoms with E-state index in [0.717, 1.165) is 0 Å². The first-order valence-corrected chi connectivity index (χ1v) is 7.90. The third-order valence-corrected chi connectivity index (χ3v) is 3.87. The van der Waals surface area contributed by atoms with Crippen LogP contribution < -0.4 is 16.0 Å². The predicted octanol–water partition coefficient (Wildman–Crippen LogP) is 2.94. The van der Waals surface area contributed by atoms with Crippen LogP contribution in [0.3, 0.4) is 0 Å². The molecule has 0 unspecified atom stereocenters. The molecule has 0 radical (unpaired) electrons. The fourth-order valence-corrected chi connectivity index (χ4v) is 2.50. The monoisotopic (exact) mass is 391 g/mol. The quantitative estimate of drug-likeness (QED) is 0.703. The molecule has 0 aliphatic carbocycles. The van der Waals surface area contributed by atoms with Crippen LogP contribution >= 0.6 is 28.1 Å². The van der Waals surface area contributed by atoms with Crippen molar-refractivity contribution in [2.75, 3.05) is 12.4 Å². The van der Waals surface area contributed by atoms with Gasteiger partial charge in [-0.15, -0.1) is 0 Å². The van der Waals surface area contributed by atoms with Gasteiger partial charge in [-0.2, -0.15) is 0 Å². The zero-order valence-electron chi connectivity index (χ0n) is 12.2. The number of carbonyl (C=O) groups is 2. The van der Waals surface area contributed by atoms with Crippen molar-refractivity contribution in [1.29, 1.82) is 0 Å². The Morgan fingerprint density at radius 3 is 2.26 bits per heavy atom. The highest BCUT2D eigenvalue weighted by Gasteiger charge is 2.11. The molecule has 2 amide bonds. The van der Waals surface area contributed by atoms with Crippen molar-refractivity contribution in [3.05, 3.63) is 64.1 Å². The van der Waals surface area contributed by atoms with Crippen LogP contribution in [0.25, 0.3) is 0 Å². The van der Waals surface area contributed by atoms with Gasteiger partial charge in [-0.1, -0.05) is 12.1 Å². The Hall–Kier alpha value is -2.25. The Bertz CT molecular complexity index is 747. The summed E-state index contributed by atoms with van der Waals surface area (Å²) in [6, 6.07) is 13.8. The van der Waals surface area contributed by atoms with Gasteiger partial charge in [0.25, 0.3) is 11.8 Å². The van der Waals surface area contributed by atoms with E-state index in [4.69, 9.17) is 12.2 Å². The number of halogens is 1. The standard InChI is InChI=1S/C16H14BrN3O2S/c1-18-14(21)10-6-8-11(9-7-10)19-16(23)20-15(22)12-4-2-3-5-13(12)17/h2-9H,1H3,(H,18,21)(H2,19,20,22,23). The molecule has 0 saturated carbocycles. The van der Waals surface area contributed by atoms with Crippen molar-refractivity contribution < 1.29 is 9.59 Å². The number of benzene rings is 2. The van der Waals surface area contributed by atoms with Gasteiger partial charge < -0.3 is 10.6 Å². The molecule has 3 N–H and O–H groups in total. The second kappa shape index (κ2) is 7.85. The normalized spacial score (nSPS) is 9.83. The number of anilines is 1. The Morgan fingerprint density at radius 2 is 1.65 bits per heavy atom. The predicted molar refractivity (Wildman–Crippen MR) is 97.7 cm³/mol. The van der Waals surface area contributed by atoms with E-state index in [2.05, 4.69) is 31.9 Å². The molecule has 118 valence electrons. The molecule has 23 heavy (non-hydrogen) atoms. The molecule has 0 spiro atoms. The molecule has 0 aliphatic rings. The van der Waals surface area contributed by atoms with Crippen LogP contribution in [0.5, 0.6) is 0 Å². The van der Waals surface area contributed by atoms with E-state index in [1.54, 1.807) is 49.5 Å². The molecule has 0 atom stereocenters. The highest BCUT2D eigenvalue weighted by molar-refractivity contribution is 9.10. The summed E-state index contributed by atoms with van der Waals surface area (Å²) in [4.78, 5) is 23.6. The van der Waals surface area contributed by atoms with E-state index >= 15 is 0 Å².